The topological polar surface area (TPSA) is 88.6 Å². The summed E-state index contributed by atoms with van der Waals surface area (Å²) in [5.41, 5.74) is 0.460. The number of rotatable bonds is 5. The fraction of sp³-hybridized carbons (Fsp3) is 0.333. The largest absolute Gasteiger partial charge is 0.495 e. The minimum Gasteiger partial charge on any atom is -0.495 e. The number of benzene rings is 1. The van der Waals surface area contributed by atoms with Gasteiger partial charge in [0.25, 0.3) is 0 Å². The molecule has 1 atom stereocenters. The molecule has 2 heterocycles. The van der Waals surface area contributed by atoms with Gasteiger partial charge in [0.2, 0.25) is 15.9 Å². The van der Waals surface area contributed by atoms with Gasteiger partial charge in [-0.15, -0.1) is 0 Å². The molecule has 3 rings (SSSR count). The molecular weight excluding hydrogens is 390 g/mol. The fourth-order valence-corrected chi connectivity index (χ4v) is 4.70. The quantitative estimate of drug-likeness (QED) is 0.820. The summed E-state index contributed by atoms with van der Waals surface area (Å²) in [7, 11) is -2.17. The Kier molecular flexibility index (Phi) is 5.98. The first-order chi connectivity index (χ1) is 12.9. The molecular formula is C18H20ClN3O4S. The number of methoxy groups -OCH3 is 1. The van der Waals surface area contributed by atoms with E-state index >= 15 is 0 Å². The van der Waals surface area contributed by atoms with E-state index < -0.39 is 15.9 Å². The number of carbonyl (C=O) groups excluding carboxylic acids is 1. The standard InChI is InChI=1S/C18H20ClN3O4S/c1-26-17-7-6-14(19)10-16(17)21-18(23)13-4-3-9-22(12-13)27(24,25)15-5-2-8-20-11-15/h2,5-8,10-11,13H,3-4,9,12H2,1H3,(H,21,23). The molecule has 0 bridgehead atoms. The number of carbonyl (C=O) groups is 1. The second kappa shape index (κ2) is 8.24. The number of nitrogens with one attached hydrogen (secondary N) is 1. The molecule has 1 unspecified atom stereocenters. The monoisotopic (exact) mass is 409 g/mol. The number of pyridine rings is 1. The van der Waals surface area contributed by atoms with E-state index in [2.05, 4.69) is 10.3 Å². The normalized spacial score (nSPS) is 18.1. The highest BCUT2D eigenvalue weighted by molar-refractivity contribution is 7.89. The van der Waals surface area contributed by atoms with Crippen molar-refractivity contribution < 1.29 is 17.9 Å². The van der Waals surface area contributed by atoms with Gasteiger partial charge in [-0.05, 0) is 43.2 Å². The second-order valence-electron chi connectivity index (χ2n) is 6.22. The molecule has 1 aromatic heterocycles. The molecule has 1 amide bonds. The Hall–Kier alpha value is -2.16. The Morgan fingerprint density at radius 1 is 1.37 bits per heavy atom. The number of hydrogen-bond acceptors (Lipinski definition) is 5. The van der Waals surface area contributed by atoms with Crippen LogP contribution in [0.15, 0.2) is 47.6 Å². The van der Waals surface area contributed by atoms with Crippen molar-refractivity contribution >= 4 is 33.2 Å². The number of sulfonamides is 1. The first-order valence-electron chi connectivity index (χ1n) is 8.46. The van der Waals surface area contributed by atoms with Crippen LogP contribution in [-0.2, 0) is 14.8 Å². The van der Waals surface area contributed by atoms with Gasteiger partial charge in [-0.3, -0.25) is 9.78 Å². The van der Waals surface area contributed by atoms with Gasteiger partial charge in [0.1, 0.15) is 10.6 Å². The van der Waals surface area contributed by atoms with Crippen molar-refractivity contribution in [1.82, 2.24) is 9.29 Å². The molecule has 144 valence electrons. The van der Waals surface area contributed by atoms with Crippen LogP contribution < -0.4 is 10.1 Å². The van der Waals surface area contributed by atoms with E-state index in [-0.39, 0.29) is 17.3 Å². The average molecular weight is 410 g/mol. The minimum absolute atomic E-state index is 0.117. The number of amides is 1. The Bertz CT molecular complexity index is 921. The molecule has 7 nitrogen and oxygen atoms in total. The number of piperidine rings is 1. The number of hydrogen-bond donors (Lipinski definition) is 1. The summed E-state index contributed by atoms with van der Waals surface area (Å²) < 4.78 is 32.1. The number of nitrogens with zero attached hydrogens (tertiary/aromatic N) is 2. The van der Waals surface area contributed by atoms with E-state index in [1.807, 2.05) is 0 Å². The average Bonchev–Trinajstić information content (AvgIpc) is 2.69. The number of anilines is 1. The maximum atomic E-state index is 12.8. The van der Waals surface area contributed by atoms with Gasteiger partial charge in [0.15, 0.2) is 0 Å². The van der Waals surface area contributed by atoms with Gasteiger partial charge >= 0.3 is 0 Å². The van der Waals surface area contributed by atoms with Crippen molar-refractivity contribution in [1.29, 1.82) is 0 Å². The Morgan fingerprint density at radius 2 is 2.19 bits per heavy atom. The van der Waals surface area contributed by atoms with Gasteiger partial charge in [0, 0.05) is 30.5 Å². The SMILES string of the molecule is COc1ccc(Cl)cc1NC(=O)C1CCCN(S(=O)(=O)c2cccnc2)C1. The van der Waals surface area contributed by atoms with Gasteiger partial charge in [0.05, 0.1) is 18.7 Å². The molecule has 1 aliphatic rings. The van der Waals surface area contributed by atoms with Gasteiger partial charge in [-0.2, -0.15) is 4.31 Å². The van der Waals surface area contributed by atoms with Crippen molar-refractivity contribution in [3.8, 4) is 5.75 Å². The Morgan fingerprint density at radius 3 is 2.89 bits per heavy atom. The molecule has 0 aliphatic carbocycles. The van der Waals surface area contributed by atoms with Crippen LogP contribution in [0.25, 0.3) is 0 Å². The maximum absolute atomic E-state index is 12.8. The lowest BCUT2D eigenvalue weighted by molar-refractivity contribution is -0.120. The van der Waals surface area contributed by atoms with E-state index in [0.717, 1.165) is 0 Å². The van der Waals surface area contributed by atoms with Gasteiger partial charge < -0.3 is 10.1 Å². The molecule has 0 saturated carbocycles. The molecule has 1 aliphatic heterocycles. The van der Waals surface area contributed by atoms with Gasteiger partial charge in [-0.1, -0.05) is 11.6 Å². The summed E-state index contributed by atoms with van der Waals surface area (Å²) in [6.07, 6.45) is 4.04. The third-order valence-corrected chi connectivity index (χ3v) is 6.53. The number of ether oxygens (including phenoxy) is 1. The van der Waals surface area contributed by atoms with E-state index in [1.54, 1.807) is 24.3 Å². The third kappa shape index (κ3) is 4.40. The summed E-state index contributed by atoms with van der Waals surface area (Å²) in [5, 5.41) is 3.27. The highest BCUT2D eigenvalue weighted by atomic mass is 35.5. The molecule has 1 N–H and O–H groups in total. The second-order valence-corrected chi connectivity index (χ2v) is 8.60. The van der Waals surface area contributed by atoms with E-state index in [4.69, 9.17) is 16.3 Å². The maximum Gasteiger partial charge on any atom is 0.244 e. The summed E-state index contributed by atoms with van der Waals surface area (Å²) in [6.45, 7) is 0.493. The third-order valence-electron chi connectivity index (χ3n) is 4.45. The van der Waals surface area contributed by atoms with E-state index in [9.17, 15) is 13.2 Å². The molecule has 1 saturated heterocycles. The zero-order valence-electron chi connectivity index (χ0n) is 14.8. The minimum atomic E-state index is -3.68. The zero-order valence-corrected chi connectivity index (χ0v) is 16.3. The van der Waals surface area contributed by atoms with Crippen molar-refractivity contribution in [2.24, 2.45) is 5.92 Å². The zero-order chi connectivity index (χ0) is 19.4. The van der Waals surface area contributed by atoms with Crippen LogP contribution in [0.5, 0.6) is 5.75 Å². The summed E-state index contributed by atoms with van der Waals surface area (Å²) in [5.74, 6) is -0.237. The highest BCUT2D eigenvalue weighted by Crippen LogP contribution is 2.30. The van der Waals surface area contributed by atoms with Crippen LogP contribution >= 0.6 is 11.6 Å². The lowest BCUT2D eigenvalue weighted by Gasteiger charge is -2.31. The van der Waals surface area contributed by atoms with Crippen LogP contribution in [0.4, 0.5) is 5.69 Å². The molecule has 0 radical (unpaired) electrons. The predicted molar refractivity (Wildman–Crippen MR) is 102 cm³/mol. The lowest BCUT2D eigenvalue weighted by atomic mass is 9.98. The first-order valence-corrected chi connectivity index (χ1v) is 10.3. The summed E-state index contributed by atoms with van der Waals surface area (Å²) in [4.78, 5) is 16.7. The van der Waals surface area contributed by atoms with Crippen molar-refractivity contribution in [2.45, 2.75) is 17.7 Å². The summed E-state index contributed by atoms with van der Waals surface area (Å²) >= 11 is 5.99. The van der Waals surface area contributed by atoms with Crippen LogP contribution in [0.2, 0.25) is 5.02 Å². The van der Waals surface area contributed by atoms with Crippen LogP contribution in [0, 0.1) is 5.92 Å². The fourth-order valence-electron chi connectivity index (χ4n) is 3.04. The van der Waals surface area contributed by atoms with Crippen LogP contribution in [0.1, 0.15) is 12.8 Å². The van der Waals surface area contributed by atoms with Crippen molar-refractivity contribution in [2.75, 3.05) is 25.5 Å². The molecule has 0 spiro atoms. The molecule has 9 heteroatoms. The van der Waals surface area contributed by atoms with Gasteiger partial charge in [-0.25, -0.2) is 8.42 Å². The molecule has 27 heavy (non-hydrogen) atoms. The number of aromatic nitrogens is 1. The molecule has 1 fully saturated rings. The van der Waals surface area contributed by atoms with Crippen molar-refractivity contribution in [3.63, 3.8) is 0 Å². The Labute approximate surface area is 163 Å². The van der Waals surface area contributed by atoms with Crippen molar-refractivity contribution in [3.05, 3.63) is 47.7 Å². The predicted octanol–water partition coefficient (Wildman–Crippen LogP) is 2.78. The first kappa shape index (κ1) is 19.6. The Balaban J connectivity index is 1.75. The van der Waals surface area contributed by atoms with Crippen LogP contribution in [0.3, 0.4) is 0 Å². The molecule has 1 aromatic carbocycles. The van der Waals surface area contributed by atoms with E-state index in [1.165, 1.54) is 29.9 Å². The smallest absolute Gasteiger partial charge is 0.244 e. The summed E-state index contributed by atoms with van der Waals surface area (Å²) in [6, 6.07) is 8.01. The number of halogens is 1. The van der Waals surface area contributed by atoms with E-state index in [0.29, 0.717) is 35.8 Å². The molecule has 2 aromatic rings. The lowest BCUT2D eigenvalue weighted by Crippen LogP contribution is -2.43. The van der Waals surface area contributed by atoms with Crippen LogP contribution in [-0.4, -0.2) is 43.8 Å². The highest BCUT2D eigenvalue weighted by Gasteiger charge is 2.33.